The van der Waals surface area contributed by atoms with Crippen LogP contribution in [0.25, 0.3) is 0 Å². The summed E-state index contributed by atoms with van der Waals surface area (Å²) in [4.78, 5) is 12.3. The summed E-state index contributed by atoms with van der Waals surface area (Å²) in [7, 11) is 0. The highest BCUT2D eigenvalue weighted by Crippen LogP contribution is 2.16. The van der Waals surface area contributed by atoms with Gasteiger partial charge in [0.1, 0.15) is 0 Å². The third kappa shape index (κ3) is 2.87. The Hall–Kier alpha value is -1.77. The monoisotopic (exact) mass is 270 g/mol. The van der Waals surface area contributed by atoms with Crippen LogP contribution in [0.5, 0.6) is 0 Å². The summed E-state index contributed by atoms with van der Waals surface area (Å²) in [5, 5.41) is 3.33. The Kier molecular flexibility index (Phi) is 4.05. The van der Waals surface area contributed by atoms with E-state index in [0.29, 0.717) is 0 Å². The van der Waals surface area contributed by atoms with Gasteiger partial charge in [-0.1, -0.05) is 36.8 Å². The second-order valence-corrected chi connectivity index (χ2v) is 5.68. The summed E-state index contributed by atoms with van der Waals surface area (Å²) in [5.74, 6) is 0. The van der Waals surface area contributed by atoms with Crippen LogP contribution in [0.1, 0.15) is 42.5 Å². The Morgan fingerprint density at radius 3 is 2.70 bits per heavy atom. The van der Waals surface area contributed by atoms with E-state index in [-0.39, 0.29) is 5.56 Å². The minimum atomic E-state index is 0.218. The van der Waals surface area contributed by atoms with Gasteiger partial charge in [-0.2, -0.15) is 0 Å². The predicted molar refractivity (Wildman–Crippen MR) is 81.1 cm³/mol. The Labute approximate surface area is 119 Å². The smallest absolute Gasteiger partial charge is 0.269 e. The summed E-state index contributed by atoms with van der Waals surface area (Å²) >= 11 is 0. The molecule has 1 aromatic carbocycles. The molecule has 20 heavy (non-hydrogen) atoms. The average Bonchev–Trinajstić information content (AvgIpc) is 2.66. The summed E-state index contributed by atoms with van der Waals surface area (Å²) < 4.78 is 1.82. The fourth-order valence-corrected chi connectivity index (χ4v) is 3.06. The van der Waals surface area contributed by atoms with E-state index in [9.17, 15) is 4.79 Å². The summed E-state index contributed by atoms with van der Waals surface area (Å²) in [6, 6.07) is 10.5. The molecule has 1 heterocycles. The number of hydrogen-bond donors (Lipinski definition) is 1. The number of nitrogens with one attached hydrogen (secondary N) is 1. The zero-order valence-electron chi connectivity index (χ0n) is 11.9. The average molecular weight is 270 g/mol. The van der Waals surface area contributed by atoms with Gasteiger partial charge in [0.25, 0.3) is 5.56 Å². The summed E-state index contributed by atoms with van der Waals surface area (Å²) in [6.07, 6.45) is 7.63. The van der Waals surface area contributed by atoms with Crippen LogP contribution in [-0.2, 0) is 25.8 Å². The number of H-pyrrole nitrogens is 1. The third-order valence-electron chi connectivity index (χ3n) is 4.18. The van der Waals surface area contributed by atoms with E-state index in [1.165, 1.54) is 24.1 Å². The first kappa shape index (κ1) is 13.2. The van der Waals surface area contributed by atoms with E-state index < -0.39 is 0 Å². The highest BCUT2D eigenvalue weighted by molar-refractivity contribution is 5.19. The molecule has 3 nitrogen and oxygen atoms in total. The van der Waals surface area contributed by atoms with E-state index >= 15 is 0 Å². The van der Waals surface area contributed by atoms with Crippen LogP contribution in [0, 0.1) is 0 Å². The van der Waals surface area contributed by atoms with Gasteiger partial charge in [0, 0.05) is 17.8 Å². The van der Waals surface area contributed by atoms with Gasteiger partial charge in [-0.15, -0.1) is 0 Å². The van der Waals surface area contributed by atoms with Crippen LogP contribution in [0.2, 0.25) is 0 Å². The molecule has 0 bridgehead atoms. The second-order valence-electron chi connectivity index (χ2n) is 5.68. The number of hydrogen-bond acceptors (Lipinski definition) is 1. The molecule has 1 aliphatic carbocycles. The van der Waals surface area contributed by atoms with Crippen molar-refractivity contribution in [1.82, 2.24) is 9.78 Å². The van der Waals surface area contributed by atoms with E-state index in [4.69, 9.17) is 0 Å². The SMILES string of the molecule is O=c1c2c([nH]n1CCCc1ccccc1)CCCCC2. The van der Waals surface area contributed by atoms with Crippen molar-refractivity contribution in [3.05, 3.63) is 57.5 Å². The van der Waals surface area contributed by atoms with Gasteiger partial charge in [0.05, 0.1) is 0 Å². The molecule has 3 heteroatoms. The number of aryl methyl sites for hydroxylation is 3. The maximum atomic E-state index is 12.3. The van der Waals surface area contributed by atoms with Crippen LogP contribution in [0.15, 0.2) is 35.1 Å². The van der Waals surface area contributed by atoms with E-state index in [2.05, 4.69) is 29.4 Å². The van der Waals surface area contributed by atoms with Gasteiger partial charge in [0.15, 0.2) is 0 Å². The summed E-state index contributed by atoms with van der Waals surface area (Å²) in [5.41, 5.74) is 3.79. The minimum Gasteiger partial charge on any atom is -0.299 e. The topological polar surface area (TPSA) is 37.8 Å². The normalized spacial score (nSPS) is 14.8. The zero-order valence-corrected chi connectivity index (χ0v) is 11.9. The van der Waals surface area contributed by atoms with Gasteiger partial charge < -0.3 is 0 Å². The quantitative estimate of drug-likeness (QED) is 0.852. The molecule has 0 fully saturated rings. The molecule has 0 radical (unpaired) electrons. The molecule has 0 atom stereocenters. The van der Waals surface area contributed by atoms with Crippen molar-refractivity contribution in [3.63, 3.8) is 0 Å². The fraction of sp³-hybridized carbons (Fsp3) is 0.471. The number of aromatic amines is 1. The Bertz CT molecular complexity index is 610. The molecule has 0 unspecified atom stereocenters. The maximum absolute atomic E-state index is 12.3. The summed E-state index contributed by atoms with van der Waals surface area (Å²) in [6.45, 7) is 0.792. The lowest BCUT2D eigenvalue weighted by Crippen LogP contribution is -2.19. The Morgan fingerprint density at radius 1 is 1.05 bits per heavy atom. The molecule has 106 valence electrons. The third-order valence-corrected chi connectivity index (χ3v) is 4.18. The van der Waals surface area contributed by atoms with Crippen molar-refractivity contribution in [2.45, 2.75) is 51.5 Å². The van der Waals surface area contributed by atoms with Crippen LogP contribution < -0.4 is 5.56 Å². The van der Waals surface area contributed by atoms with Crippen LogP contribution in [0.3, 0.4) is 0 Å². The molecular weight excluding hydrogens is 248 g/mol. The predicted octanol–water partition coefficient (Wildman–Crippen LogP) is 3.08. The van der Waals surface area contributed by atoms with E-state index in [1.807, 2.05) is 10.7 Å². The molecule has 1 N–H and O–H groups in total. The highest BCUT2D eigenvalue weighted by Gasteiger charge is 2.15. The molecule has 0 saturated heterocycles. The molecule has 0 amide bonds. The number of fused-ring (bicyclic) bond motifs is 1. The van der Waals surface area contributed by atoms with E-state index in [0.717, 1.165) is 44.2 Å². The van der Waals surface area contributed by atoms with Crippen molar-refractivity contribution >= 4 is 0 Å². The van der Waals surface area contributed by atoms with Crippen LogP contribution in [0.4, 0.5) is 0 Å². The maximum Gasteiger partial charge on any atom is 0.269 e. The number of aromatic nitrogens is 2. The van der Waals surface area contributed by atoms with Gasteiger partial charge >= 0.3 is 0 Å². The van der Waals surface area contributed by atoms with Crippen LogP contribution in [-0.4, -0.2) is 9.78 Å². The van der Waals surface area contributed by atoms with Crippen molar-refractivity contribution in [2.75, 3.05) is 0 Å². The van der Waals surface area contributed by atoms with Gasteiger partial charge in [-0.05, 0) is 44.1 Å². The molecule has 1 aliphatic rings. The van der Waals surface area contributed by atoms with Gasteiger partial charge in [0.2, 0.25) is 0 Å². The fourth-order valence-electron chi connectivity index (χ4n) is 3.06. The molecule has 3 rings (SSSR count). The first-order chi connectivity index (χ1) is 9.84. The number of rotatable bonds is 4. The largest absolute Gasteiger partial charge is 0.299 e. The Balaban J connectivity index is 1.65. The standard InChI is InChI=1S/C17H22N2O/c20-17-15-11-5-2-6-12-16(15)18-19(17)13-7-10-14-8-3-1-4-9-14/h1,3-4,8-9,18H,2,5-7,10-13H2. The number of nitrogens with zero attached hydrogens (tertiary/aromatic N) is 1. The van der Waals surface area contributed by atoms with Crippen LogP contribution >= 0.6 is 0 Å². The lowest BCUT2D eigenvalue weighted by atomic mass is 10.1. The Morgan fingerprint density at radius 2 is 1.85 bits per heavy atom. The first-order valence-electron chi connectivity index (χ1n) is 7.69. The molecule has 0 saturated carbocycles. The van der Waals surface area contributed by atoms with Gasteiger partial charge in [-0.25, -0.2) is 0 Å². The lowest BCUT2D eigenvalue weighted by Gasteiger charge is -2.03. The zero-order chi connectivity index (χ0) is 13.8. The van der Waals surface area contributed by atoms with Crippen molar-refractivity contribution in [2.24, 2.45) is 0 Å². The molecule has 0 spiro atoms. The lowest BCUT2D eigenvalue weighted by molar-refractivity contribution is 0.551. The van der Waals surface area contributed by atoms with Crippen molar-refractivity contribution < 1.29 is 0 Å². The van der Waals surface area contributed by atoms with E-state index in [1.54, 1.807) is 0 Å². The molecule has 1 aromatic heterocycles. The second kappa shape index (κ2) is 6.12. The first-order valence-corrected chi connectivity index (χ1v) is 7.69. The number of benzene rings is 1. The molecule has 2 aromatic rings. The molecule has 0 aliphatic heterocycles. The van der Waals surface area contributed by atoms with Crippen molar-refractivity contribution in [1.29, 1.82) is 0 Å². The minimum absolute atomic E-state index is 0.218. The van der Waals surface area contributed by atoms with Gasteiger partial charge in [-0.3, -0.25) is 14.6 Å². The molecular formula is C17H22N2O. The highest BCUT2D eigenvalue weighted by atomic mass is 16.1. The van der Waals surface area contributed by atoms with Crippen molar-refractivity contribution in [3.8, 4) is 0 Å².